The smallest absolute Gasteiger partial charge is 0.224 e. The molecule has 2 atom stereocenters. The number of halogens is 1. The standard InChI is InChI=1S/C12H16ClNO2/c1-9(7-13)12(16)14-11(8-15)10-5-3-2-4-6-10/h2-6,9,11,15H,7-8H2,1H3,(H,14,16). The summed E-state index contributed by atoms with van der Waals surface area (Å²) in [4.78, 5) is 11.6. The van der Waals surface area contributed by atoms with Gasteiger partial charge in [0.2, 0.25) is 5.91 Å². The van der Waals surface area contributed by atoms with Crippen molar-refractivity contribution in [3.05, 3.63) is 35.9 Å². The number of aliphatic hydroxyl groups is 1. The molecule has 0 radical (unpaired) electrons. The van der Waals surface area contributed by atoms with E-state index in [1.165, 1.54) is 0 Å². The van der Waals surface area contributed by atoms with E-state index in [1.807, 2.05) is 30.3 Å². The van der Waals surface area contributed by atoms with E-state index in [2.05, 4.69) is 5.32 Å². The molecule has 4 heteroatoms. The highest BCUT2D eigenvalue weighted by Gasteiger charge is 2.17. The second-order valence-electron chi connectivity index (χ2n) is 3.71. The molecular formula is C12H16ClNO2. The van der Waals surface area contributed by atoms with Crippen molar-refractivity contribution in [3.63, 3.8) is 0 Å². The fourth-order valence-electron chi connectivity index (χ4n) is 1.30. The molecule has 2 N–H and O–H groups in total. The fourth-order valence-corrected chi connectivity index (χ4v) is 1.44. The molecule has 0 saturated heterocycles. The Labute approximate surface area is 100 Å². The number of hydrogen-bond acceptors (Lipinski definition) is 2. The highest BCUT2D eigenvalue weighted by molar-refractivity contribution is 6.19. The maximum absolute atomic E-state index is 11.6. The van der Waals surface area contributed by atoms with Gasteiger partial charge in [0.15, 0.2) is 0 Å². The Hall–Kier alpha value is -1.06. The molecule has 0 fully saturated rings. The Morgan fingerprint density at radius 3 is 2.56 bits per heavy atom. The molecule has 1 rings (SSSR count). The minimum absolute atomic E-state index is 0.120. The maximum Gasteiger partial charge on any atom is 0.224 e. The van der Waals surface area contributed by atoms with Crippen molar-refractivity contribution in [1.29, 1.82) is 0 Å². The Morgan fingerprint density at radius 2 is 2.06 bits per heavy atom. The number of carbonyl (C=O) groups is 1. The summed E-state index contributed by atoms with van der Waals surface area (Å²) in [7, 11) is 0. The van der Waals surface area contributed by atoms with Gasteiger partial charge in [0.25, 0.3) is 0 Å². The second kappa shape index (κ2) is 6.51. The molecule has 0 aliphatic heterocycles. The molecule has 88 valence electrons. The van der Waals surface area contributed by atoms with Crippen LogP contribution in [0.5, 0.6) is 0 Å². The first-order chi connectivity index (χ1) is 7.69. The van der Waals surface area contributed by atoms with Crippen LogP contribution in [0.4, 0.5) is 0 Å². The normalized spacial score (nSPS) is 14.2. The number of benzene rings is 1. The summed E-state index contributed by atoms with van der Waals surface area (Å²) in [5, 5.41) is 12.0. The summed E-state index contributed by atoms with van der Waals surface area (Å²) < 4.78 is 0. The molecule has 0 saturated carbocycles. The monoisotopic (exact) mass is 241 g/mol. The van der Waals surface area contributed by atoms with Crippen LogP contribution in [0.25, 0.3) is 0 Å². The number of amides is 1. The zero-order valence-electron chi connectivity index (χ0n) is 9.19. The van der Waals surface area contributed by atoms with Crippen molar-refractivity contribution in [3.8, 4) is 0 Å². The lowest BCUT2D eigenvalue weighted by Crippen LogP contribution is -2.35. The van der Waals surface area contributed by atoms with Crippen molar-refractivity contribution in [2.75, 3.05) is 12.5 Å². The molecule has 2 unspecified atom stereocenters. The summed E-state index contributed by atoms with van der Waals surface area (Å²) in [6.45, 7) is 1.63. The molecule has 0 aliphatic carbocycles. The average Bonchev–Trinajstić information content (AvgIpc) is 2.35. The SMILES string of the molecule is CC(CCl)C(=O)NC(CO)c1ccccc1. The zero-order valence-corrected chi connectivity index (χ0v) is 9.95. The number of nitrogens with one attached hydrogen (secondary N) is 1. The third-order valence-corrected chi connectivity index (χ3v) is 2.84. The Bertz CT molecular complexity index is 329. The van der Waals surface area contributed by atoms with Crippen LogP contribution in [-0.4, -0.2) is 23.5 Å². The van der Waals surface area contributed by atoms with Gasteiger partial charge >= 0.3 is 0 Å². The highest BCUT2D eigenvalue weighted by Crippen LogP contribution is 2.12. The van der Waals surface area contributed by atoms with Crippen LogP contribution >= 0.6 is 11.6 Å². The molecule has 0 spiro atoms. The van der Waals surface area contributed by atoms with Crippen LogP contribution in [0.2, 0.25) is 0 Å². The van der Waals surface area contributed by atoms with E-state index in [0.717, 1.165) is 5.56 Å². The van der Waals surface area contributed by atoms with Gasteiger partial charge in [-0.05, 0) is 5.56 Å². The molecule has 3 nitrogen and oxygen atoms in total. The van der Waals surface area contributed by atoms with E-state index in [9.17, 15) is 9.90 Å². The van der Waals surface area contributed by atoms with Crippen molar-refractivity contribution >= 4 is 17.5 Å². The van der Waals surface area contributed by atoms with Crippen LogP contribution in [0.15, 0.2) is 30.3 Å². The third-order valence-electron chi connectivity index (χ3n) is 2.38. The van der Waals surface area contributed by atoms with E-state index in [1.54, 1.807) is 6.92 Å². The Morgan fingerprint density at radius 1 is 1.44 bits per heavy atom. The van der Waals surface area contributed by atoms with Gasteiger partial charge in [0, 0.05) is 11.8 Å². The average molecular weight is 242 g/mol. The van der Waals surface area contributed by atoms with E-state index in [0.29, 0.717) is 0 Å². The van der Waals surface area contributed by atoms with Crippen molar-refractivity contribution in [2.45, 2.75) is 13.0 Å². The molecule has 0 bridgehead atoms. The van der Waals surface area contributed by atoms with Crippen molar-refractivity contribution < 1.29 is 9.90 Å². The molecule has 1 amide bonds. The van der Waals surface area contributed by atoms with E-state index in [4.69, 9.17) is 11.6 Å². The fraction of sp³-hybridized carbons (Fsp3) is 0.417. The quantitative estimate of drug-likeness (QED) is 0.772. The van der Waals surface area contributed by atoms with Gasteiger partial charge < -0.3 is 10.4 Å². The van der Waals surface area contributed by atoms with Gasteiger partial charge in [-0.3, -0.25) is 4.79 Å². The van der Waals surface area contributed by atoms with E-state index in [-0.39, 0.29) is 30.4 Å². The van der Waals surface area contributed by atoms with Crippen LogP contribution in [0, 0.1) is 5.92 Å². The molecule has 1 aromatic rings. The summed E-state index contributed by atoms with van der Waals surface area (Å²) in [5.74, 6) is -0.115. The number of hydrogen-bond donors (Lipinski definition) is 2. The van der Waals surface area contributed by atoms with E-state index < -0.39 is 0 Å². The minimum Gasteiger partial charge on any atom is -0.394 e. The topological polar surface area (TPSA) is 49.3 Å². The number of alkyl halides is 1. The maximum atomic E-state index is 11.6. The molecule has 0 aliphatic rings. The van der Waals surface area contributed by atoms with Crippen molar-refractivity contribution in [1.82, 2.24) is 5.32 Å². The van der Waals surface area contributed by atoms with Gasteiger partial charge in [-0.1, -0.05) is 37.3 Å². The lowest BCUT2D eigenvalue weighted by atomic mass is 10.1. The zero-order chi connectivity index (χ0) is 12.0. The first kappa shape index (κ1) is 13.0. The van der Waals surface area contributed by atoms with E-state index >= 15 is 0 Å². The molecular weight excluding hydrogens is 226 g/mol. The predicted molar refractivity (Wildman–Crippen MR) is 64.3 cm³/mol. The van der Waals surface area contributed by atoms with Gasteiger partial charge in [-0.25, -0.2) is 0 Å². The molecule has 1 aromatic carbocycles. The summed E-state index contributed by atoms with van der Waals surface area (Å²) in [6.07, 6.45) is 0. The lowest BCUT2D eigenvalue weighted by molar-refractivity contribution is -0.124. The van der Waals surface area contributed by atoms with Crippen LogP contribution < -0.4 is 5.32 Å². The second-order valence-corrected chi connectivity index (χ2v) is 4.02. The number of rotatable bonds is 5. The molecule has 0 heterocycles. The number of carbonyl (C=O) groups excluding carboxylic acids is 1. The van der Waals surface area contributed by atoms with Crippen LogP contribution in [0.1, 0.15) is 18.5 Å². The Kier molecular flexibility index (Phi) is 5.29. The predicted octanol–water partition coefficient (Wildman–Crippen LogP) is 1.71. The lowest BCUT2D eigenvalue weighted by Gasteiger charge is -2.18. The van der Waals surface area contributed by atoms with Gasteiger partial charge in [0.1, 0.15) is 0 Å². The van der Waals surface area contributed by atoms with Crippen molar-refractivity contribution in [2.24, 2.45) is 5.92 Å². The Balaban J connectivity index is 2.66. The number of aliphatic hydroxyl groups excluding tert-OH is 1. The van der Waals surface area contributed by atoms with Crippen LogP contribution in [-0.2, 0) is 4.79 Å². The largest absolute Gasteiger partial charge is 0.394 e. The van der Waals surface area contributed by atoms with Gasteiger partial charge in [-0.15, -0.1) is 11.6 Å². The third kappa shape index (κ3) is 3.51. The summed E-state index contributed by atoms with van der Waals surface area (Å²) >= 11 is 5.60. The first-order valence-corrected chi connectivity index (χ1v) is 5.74. The molecule has 0 aromatic heterocycles. The first-order valence-electron chi connectivity index (χ1n) is 5.21. The van der Waals surface area contributed by atoms with Crippen LogP contribution in [0.3, 0.4) is 0 Å². The highest BCUT2D eigenvalue weighted by atomic mass is 35.5. The minimum atomic E-state index is -0.362. The van der Waals surface area contributed by atoms with Gasteiger partial charge in [0.05, 0.1) is 12.6 Å². The molecule has 16 heavy (non-hydrogen) atoms. The summed E-state index contributed by atoms with van der Waals surface area (Å²) in [6, 6.07) is 9.00. The van der Waals surface area contributed by atoms with Gasteiger partial charge in [-0.2, -0.15) is 0 Å². The summed E-state index contributed by atoms with van der Waals surface area (Å²) in [5.41, 5.74) is 0.889.